The maximum absolute atomic E-state index is 13.8. The van der Waals surface area contributed by atoms with Crippen LogP contribution in [0, 0.1) is 17.3 Å². The molecule has 0 aliphatic carbocycles. The van der Waals surface area contributed by atoms with Crippen LogP contribution in [0.2, 0.25) is 0 Å². The lowest BCUT2D eigenvalue weighted by Gasteiger charge is -2.34. The first-order valence-corrected chi connectivity index (χ1v) is 13.3. The van der Waals surface area contributed by atoms with Gasteiger partial charge in [-0.2, -0.15) is 0 Å². The van der Waals surface area contributed by atoms with E-state index in [-0.39, 0.29) is 31.4 Å². The molecule has 0 saturated carbocycles. The molecule has 2 atom stereocenters. The Morgan fingerprint density at radius 3 is 2.35 bits per heavy atom. The molecule has 1 aromatic carbocycles. The number of morpholine rings is 1. The Hall–Kier alpha value is -2.33. The second-order valence-electron chi connectivity index (χ2n) is 11.3. The molecular weight excluding hydrogens is 472 g/mol. The van der Waals surface area contributed by atoms with Crippen molar-refractivity contribution in [2.24, 2.45) is 23.0 Å². The molecule has 3 amide bonds. The minimum atomic E-state index is -0.831. The van der Waals surface area contributed by atoms with Gasteiger partial charge in [-0.3, -0.25) is 29.0 Å². The summed E-state index contributed by atoms with van der Waals surface area (Å²) in [4.78, 5) is 48.8. The maximum Gasteiger partial charge on any atom is 0.246 e. The fourth-order valence-electron chi connectivity index (χ4n) is 4.25. The summed E-state index contributed by atoms with van der Waals surface area (Å²) in [6.45, 7) is 13.9. The number of nitrogens with zero attached hydrogens (tertiary/aromatic N) is 2. The Bertz CT molecular complexity index is 850. The summed E-state index contributed by atoms with van der Waals surface area (Å²) in [6, 6.07) is 8.66. The number of benzene rings is 1. The lowest BCUT2D eigenvalue weighted by atomic mass is 9.86. The molecular formula is C28H46N4O5. The highest BCUT2D eigenvalue weighted by Gasteiger charge is 2.37. The first-order valence-electron chi connectivity index (χ1n) is 13.3. The van der Waals surface area contributed by atoms with Gasteiger partial charge in [-0.05, 0) is 29.7 Å². The average molecular weight is 519 g/mol. The van der Waals surface area contributed by atoms with E-state index in [1.54, 1.807) is 0 Å². The molecule has 1 aromatic rings. The Kier molecular flexibility index (Phi) is 12.7. The number of carbonyl (C=O) groups excluding carboxylic acids is 3. The SMILES string of the molecule is CC(C)C[C@H](CC(=O)NOCc1ccccc1)C(=O)N(CCCN1CCOCC1)C(=O)[C@@H](N)C(C)(C)C. The number of nitrogens with two attached hydrogens (primary N) is 1. The Morgan fingerprint density at radius 2 is 1.76 bits per heavy atom. The zero-order chi connectivity index (χ0) is 27.4. The van der Waals surface area contributed by atoms with Crippen LogP contribution < -0.4 is 11.2 Å². The smallest absolute Gasteiger partial charge is 0.246 e. The molecule has 37 heavy (non-hydrogen) atoms. The summed E-state index contributed by atoms with van der Waals surface area (Å²) < 4.78 is 5.41. The van der Waals surface area contributed by atoms with Gasteiger partial charge < -0.3 is 10.5 Å². The van der Waals surface area contributed by atoms with Crippen molar-refractivity contribution >= 4 is 17.7 Å². The summed E-state index contributed by atoms with van der Waals surface area (Å²) in [5.74, 6) is -1.63. The van der Waals surface area contributed by atoms with Crippen LogP contribution in [0.15, 0.2) is 30.3 Å². The molecule has 1 fully saturated rings. The van der Waals surface area contributed by atoms with Gasteiger partial charge in [0.05, 0.1) is 25.9 Å². The molecule has 1 aliphatic rings. The van der Waals surface area contributed by atoms with Gasteiger partial charge in [0.2, 0.25) is 17.7 Å². The monoisotopic (exact) mass is 518 g/mol. The van der Waals surface area contributed by atoms with Crippen molar-refractivity contribution in [1.29, 1.82) is 0 Å². The third-order valence-corrected chi connectivity index (χ3v) is 6.50. The van der Waals surface area contributed by atoms with Crippen LogP contribution in [-0.4, -0.2) is 73.0 Å². The minimum Gasteiger partial charge on any atom is -0.379 e. The van der Waals surface area contributed by atoms with Crippen LogP contribution in [0.3, 0.4) is 0 Å². The number of nitrogens with one attached hydrogen (secondary N) is 1. The molecule has 1 saturated heterocycles. The van der Waals surface area contributed by atoms with Gasteiger partial charge in [0.1, 0.15) is 0 Å². The van der Waals surface area contributed by atoms with E-state index in [9.17, 15) is 14.4 Å². The average Bonchev–Trinajstić information content (AvgIpc) is 2.85. The van der Waals surface area contributed by atoms with E-state index in [0.717, 1.165) is 25.2 Å². The maximum atomic E-state index is 13.8. The molecule has 0 unspecified atom stereocenters. The molecule has 2 rings (SSSR count). The van der Waals surface area contributed by atoms with Crippen molar-refractivity contribution in [3.63, 3.8) is 0 Å². The van der Waals surface area contributed by atoms with E-state index < -0.39 is 29.2 Å². The number of hydrogen-bond acceptors (Lipinski definition) is 7. The number of rotatable bonds is 13. The molecule has 0 aromatic heterocycles. The van der Waals surface area contributed by atoms with Crippen molar-refractivity contribution in [1.82, 2.24) is 15.3 Å². The zero-order valence-electron chi connectivity index (χ0n) is 23.2. The fourth-order valence-corrected chi connectivity index (χ4v) is 4.25. The number of amides is 3. The Morgan fingerprint density at radius 1 is 1.11 bits per heavy atom. The van der Waals surface area contributed by atoms with Crippen LogP contribution in [0.25, 0.3) is 0 Å². The topological polar surface area (TPSA) is 114 Å². The largest absolute Gasteiger partial charge is 0.379 e. The van der Waals surface area contributed by atoms with E-state index in [1.807, 2.05) is 65.0 Å². The second-order valence-corrected chi connectivity index (χ2v) is 11.3. The van der Waals surface area contributed by atoms with Crippen LogP contribution in [-0.2, 0) is 30.6 Å². The van der Waals surface area contributed by atoms with Crippen LogP contribution >= 0.6 is 0 Å². The summed E-state index contributed by atoms with van der Waals surface area (Å²) >= 11 is 0. The molecule has 1 heterocycles. The Balaban J connectivity index is 2.08. The van der Waals surface area contributed by atoms with E-state index in [0.29, 0.717) is 26.1 Å². The summed E-state index contributed by atoms with van der Waals surface area (Å²) in [6.07, 6.45) is 1.04. The lowest BCUT2D eigenvalue weighted by Crippen LogP contribution is -2.54. The Labute approximate surface area is 222 Å². The van der Waals surface area contributed by atoms with Gasteiger partial charge in [0.15, 0.2) is 0 Å². The van der Waals surface area contributed by atoms with Gasteiger partial charge in [0.25, 0.3) is 0 Å². The zero-order valence-corrected chi connectivity index (χ0v) is 23.2. The van der Waals surface area contributed by atoms with Gasteiger partial charge >= 0.3 is 0 Å². The first kappa shape index (κ1) is 30.9. The molecule has 3 N–H and O–H groups in total. The van der Waals surface area contributed by atoms with Gasteiger partial charge in [0, 0.05) is 38.5 Å². The molecule has 208 valence electrons. The number of hydroxylamine groups is 1. The van der Waals surface area contributed by atoms with Crippen molar-refractivity contribution in [2.75, 3.05) is 39.4 Å². The normalized spacial score (nSPS) is 16.3. The molecule has 9 nitrogen and oxygen atoms in total. The van der Waals surface area contributed by atoms with Gasteiger partial charge in [-0.25, -0.2) is 5.48 Å². The summed E-state index contributed by atoms with van der Waals surface area (Å²) in [5.41, 5.74) is 9.17. The number of imide groups is 1. The highest BCUT2D eigenvalue weighted by atomic mass is 16.6. The van der Waals surface area contributed by atoms with E-state index in [4.69, 9.17) is 15.3 Å². The van der Waals surface area contributed by atoms with E-state index >= 15 is 0 Å². The predicted molar refractivity (Wildman–Crippen MR) is 143 cm³/mol. The number of carbonyl (C=O) groups is 3. The molecule has 9 heteroatoms. The number of hydrogen-bond donors (Lipinski definition) is 2. The summed E-state index contributed by atoms with van der Waals surface area (Å²) in [7, 11) is 0. The second kappa shape index (κ2) is 15.2. The fraction of sp³-hybridized carbons (Fsp3) is 0.679. The van der Waals surface area contributed by atoms with Crippen LogP contribution in [0.4, 0.5) is 0 Å². The predicted octanol–water partition coefficient (Wildman–Crippen LogP) is 2.74. The highest BCUT2D eigenvalue weighted by molar-refractivity contribution is 6.00. The highest BCUT2D eigenvalue weighted by Crippen LogP contribution is 2.23. The third kappa shape index (κ3) is 10.9. The van der Waals surface area contributed by atoms with Crippen molar-refractivity contribution in [3.8, 4) is 0 Å². The molecule has 0 bridgehead atoms. The molecule has 1 aliphatic heterocycles. The van der Waals surface area contributed by atoms with Gasteiger partial charge in [-0.1, -0.05) is 65.0 Å². The van der Waals surface area contributed by atoms with E-state index in [2.05, 4.69) is 10.4 Å². The minimum absolute atomic E-state index is 0.0657. The van der Waals surface area contributed by atoms with Crippen molar-refractivity contribution < 1.29 is 24.0 Å². The lowest BCUT2D eigenvalue weighted by molar-refractivity contribution is -0.152. The van der Waals surface area contributed by atoms with Crippen molar-refractivity contribution in [3.05, 3.63) is 35.9 Å². The standard InChI is InChI=1S/C28H46N4O5/c1-21(2)18-23(19-24(33)30-37-20-22-10-7-6-8-11-22)26(34)32(27(35)25(29)28(3,4)5)13-9-12-31-14-16-36-17-15-31/h6-8,10-11,21,23,25H,9,12-20,29H2,1-5H3,(H,30,33)/t23-,25-/m1/s1. The van der Waals surface area contributed by atoms with Gasteiger partial charge in [-0.15, -0.1) is 0 Å². The number of ether oxygens (including phenoxy) is 1. The summed E-state index contributed by atoms with van der Waals surface area (Å²) in [5, 5.41) is 0. The quantitative estimate of drug-likeness (QED) is 0.386. The van der Waals surface area contributed by atoms with E-state index in [1.165, 1.54) is 4.90 Å². The molecule has 0 spiro atoms. The van der Waals surface area contributed by atoms with Crippen molar-refractivity contribution in [2.45, 2.75) is 66.5 Å². The van der Waals surface area contributed by atoms with Crippen LogP contribution in [0.1, 0.15) is 59.4 Å². The third-order valence-electron chi connectivity index (χ3n) is 6.50. The first-order chi connectivity index (χ1) is 17.5. The van der Waals surface area contributed by atoms with Crippen LogP contribution in [0.5, 0.6) is 0 Å². The molecule has 0 radical (unpaired) electrons.